The van der Waals surface area contributed by atoms with Crippen LogP contribution in [0, 0.1) is 18.3 Å². The van der Waals surface area contributed by atoms with Gasteiger partial charge in [0.15, 0.2) is 0 Å². The van der Waals surface area contributed by atoms with Crippen molar-refractivity contribution in [3.05, 3.63) is 225 Å². The highest BCUT2D eigenvalue weighted by Gasteiger charge is 2.27. The summed E-state index contributed by atoms with van der Waals surface area (Å²) in [5, 5.41) is 28.8. The van der Waals surface area contributed by atoms with Crippen molar-refractivity contribution in [1.82, 2.24) is 99.8 Å². The van der Waals surface area contributed by atoms with E-state index in [9.17, 15) is 0 Å². The lowest BCUT2D eigenvalue weighted by Gasteiger charge is -2.33. The first-order chi connectivity index (χ1) is 70.6. The van der Waals surface area contributed by atoms with E-state index in [1.54, 1.807) is 96.3 Å². The van der Waals surface area contributed by atoms with Gasteiger partial charge in [0, 0.05) is 222 Å². The van der Waals surface area contributed by atoms with Crippen LogP contribution in [-0.4, -0.2) is 230 Å². The highest BCUT2D eigenvalue weighted by molar-refractivity contribution is 6.33. The monoisotopic (exact) mass is 1980 g/mol. The van der Waals surface area contributed by atoms with Crippen LogP contribution in [-0.2, 0) is 23.6 Å². The number of methoxy groups -OCH3 is 7. The Hall–Kier alpha value is -14.6. The summed E-state index contributed by atoms with van der Waals surface area (Å²) in [6, 6.07) is 49.1. The summed E-state index contributed by atoms with van der Waals surface area (Å²) in [4.78, 5) is 49.7. The third-order valence-corrected chi connectivity index (χ3v) is 25.9. The van der Waals surface area contributed by atoms with Crippen molar-refractivity contribution in [3.63, 3.8) is 0 Å². The number of terminal acetylenes is 1. The number of nitrogens with zero attached hydrogens (tertiary/aromatic N) is 21. The molecule has 0 radical (unpaired) electrons. The molecule has 3 fully saturated rings. The molecule has 756 valence electrons. The number of nitrogens with one attached hydrogen (secondary N) is 3. The molecule has 0 spiro atoms. The number of ether oxygens (including phenoxy) is 9. The van der Waals surface area contributed by atoms with E-state index < -0.39 is 0 Å². The van der Waals surface area contributed by atoms with E-state index in [4.69, 9.17) is 85.6 Å². The molecule has 8 aromatic heterocycles. The third kappa shape index (κ3) is 26.5. The van der Waals surface area contributed by atoms with E-state index in [0.29, 0.717) is 29.1 Å². The van der Waals surface area contributed by atoms with Crippen molar-refractivity contribution in [2.24, 2.45) is 20.0 Å². The van der Waals surface area contributed by atoms with Crippen LogP contribution in [0.1, 0.15) is 105 Å². The third-order valence-electron chi connectivity index (χ3n) is 25.5. The van der Waals surface area contributed by atoms with Gasteiger partial charge in [-0.2, -0.15) is 20.4 Å². The van der Waals surface area contributed by atoms with Crippen molar-refractivity contribution in [2.75, 3.05) is 148 Å². The van der Waals surface area contributed by atoms with Crippen LogP contribution in [0.15, 0.2) is 220 Å². The molecule has 3 atom stereocenters. The van der Waals surface area contributed by atoms with E-state index in [1.807, 2.05) is 158 Å². The van der Waals surface area contributed by atoms with Crippen molar-refractivity contribution in [2.45, 2.75) is 123 Å². The van der Waals surface area contributed by atoms with E-state index in [-0.39, 0.29) is 12.5 Å². The van der Waals surface area contributed by atoms with Crippen molar-refractivity contribution in [1.29, 1.82) is 0 Å². The number of hydrogen-bond acceptors (Lipinski definition) is 29. The number of aromatic nitrogens is 16. The quantitative estimate of drug-likeness (QED) is 0.0307. The van der Waals surface area contributed by atoms with Gasteiger partial charge in [0.2, 0.25) is 0 Å². The Bertz CT molecular complexity index is 7010. The molecule has 3 aliphatic rings. The van der Waals surface area contributed by atoms with E-state index in [2.05, 4.69) is 172 Å². The second-order valence-electron chi connectivity index (χ2n) is 36.8. The molecule has 0 bridgehead atoms. The van der Waals surface area contributed by atoms with E-state index in [0.717, 1.165) is 305 Å². The second kappa shape index (κ2) is 49.6. The van der Waals surface area contributed by atoms with Crippen molar-refractivity contribution in [3.8, 4) is 97.6 Å². The summed E-state index contributed by atoms with van der Waals surface area (Å²) in [7, 11) is 15.5. The summed E-state index contributed by atoms with van der Waals surface area (Å²) in [5.74, 6) is 8.58. The number of aryl methyl sites for hydroxylation is 2. The predicted molar refractivity (Wildman–Crippen MR) is 575 cm³/mol. The molecular formula is C111H131ClN24O9. The number of halogens is 1. The highest BCUT2D eigenvalue weighted by Crippen LogP contribution is 2.43. The molecule has 3 saturated heterocycles. The summed E-state index contributed by atoms with van der Waals surface area (Å²) in [5.41, 5.74) is 21.1. The van der Waals surface area contributed by atoms with Gasteiger partial charge in [-0.15, -0.1) is 12.3 Å². The molecule has 11 heterocycles. The Kier molecular flexibility index (Phi) is 35.3. The normalized spacial score (nSPS) is 14.8. The molecule has 3 unspecified atom stereocenters. The van der Waals surface area contributed by atoms with Gasteiger partial charge in [-0.25, -0.2) is 29.3 Å². The smallest absolute Gasteiger partial charge is 0.150 e. The first kappa shape index (κ1) is 103. The lowest BCUT2D eigenvalue weighted by Crippen LogP contribution is -2.39. The fourth-order valence-electron chi connectivity index (χ4n) is 17.8. The van der Waals surface area contributed by atoms with Crippen LogP contribution >= 0.6 is 11.6 Å². The standard InChI is InChI=1S/C29H36N6O3.C29H32N6O2.C28H33ClN6O2.C25H30N6O2/c1-20(2)30-12-13-34(27-16-23(36-3)9-11-28(27)37-4)22-8-10-24-25(15-22)33-26(18-31-24)21-17-32-35(19-21)29-7-5-6-14-38-29;1-5-21-7-6-10-34(19-21)11-12-35(24-13-25(36-3)16-26(14-24)37-4)23-8-9-27-28(15-23)32-29(18-30-27)22-17-31-33(2)20-22;1-19(2)30-11-12-34(27-15-22(36-3)8-9-23(27)29)21-7-10-24-25(14-21)33-26(17-31-24)20-16-32-35(18-20)28-6-4-5-13-37-28;1-17(2)26-10-11-31(24-13-20(32-4)7-9-25(24)33-5)19-6-8-21-22(12-19)29-23(15-27-21)18-14-28-30(3)16-18/h8-11,15-20,29-30H,5-7,12-14H2,1-4H3;1,8-9,13-18,20-21H,6-7,10-12,19H2,2-4H3;7-10,14-19,28,30H,4-6,11-13H2,1-3H3;6-9,12-17,26H,10-11H2,1-5H3. The van der Waals surface area contributed by atoms with Crippen molar-refractivity contribution >= 4 is 101 Å². The maximum Gasteiger partial charge on any atom is 0.150 e. The number of fused-ring (bicyclic) bond motifs is 4. The SMILES string of the molecule is C#CC1CCCN(CCN(c2cc(OC)cc(OC)c2)c2ccc3ncc(-c4cnn(C)c4)nc3c2)C1.COc1ccc(Cl)c(N(CCNC(C)C)c2ccc3ncc(-c4cnn(C5CCCCO5)c4)nc3c2)c1.COc1ccc(OC)c(N(CCNC(C)C)c2ccc3ncc(-c4cnn(C)c4)nc3c2)c1.COc1ccc(OC)c(N(CCNC(C)C)c2ccc3ncc(-c4cnn(C5CCCCO5)c4)nc3c2)c1. The largest absolute Gasteiger partial charge is 0.497 e. The molecule has 145 heavy (non-hydrogen) atoms. The molecule has 0 saturated carbocycles. The maximum atomic E-state index is 6.66. The molecule has 34 heteroatoms. The lowest BCUT2D eigenvalue weighted by molar-refractivity contribution is -0.0395. The number of rotatable bonds is 36. The molecule has 16 aromatic rings. The maximum absolute atomic E-state index is 6.66. The number of likely N-dealkylation sites (tertiary alicyclic amines) is 1. The van der Waals surface area contributed by atoms with Crippen LogP contribution in [0.25, 0.3) is 89.2 Å². The van der Waals surface area contributed by atoms with Gasteiger partial charge >= 0.3 is 0 Å². The molecule has 0 aliphatic carbocycles. The highest BCUT2D eigenvalue weighted by atomic mass is 35.5. The van der Waals surface area contributed by atoms with Crippen LogP contribution in [0.3, 0.4) is 0 Å². The molecule has 0 amide bonds. The number of hydrogen-bond donors (Lipinski definition) is 3. The lowest BCUT2D eigenvalue weighted by atomic mass is 9.99. The number of piperidine rings is 1. The van der Waals surface area contributed by atoms with Crippen LogP contribution in [0.2, 0.25) is 5.02 Å². The minimum atomic E-state index is -0.0110. The molecule has 19 rings (SSSR count). The van der Waals surface area contributed by atoms with Gasteiger partial charge < -0.3 is 83.1 Å². The van der Waals surface area contributed by atoms with E-state index in [1.165, 1.54) is 0 Å². The Morgan fingerprint density at radius 3 is 1.11 bits per heavy atom. The zero-order chi connectivity index (χ0) is 101. The first-order valence-corrected chi connectivity index (χ1v) is 49.9. The van der Waals surface area contributed by atoms with Gasteiger partial charge in [0.25, 0.3) is 0 Å². The van der Waals surface area contributed by atoms with E-state index >= 15 is 0 Å². The molecule has 33 nitrogen and oxygen atoms in total. The first-order valence-electron chi connectivity index (χ1n) is 49.5. The van der Waals surface area contributed by atoms with Gasteiger partial charge in [-0.1, -0.05) is 53.1 Å². The van der Waals surface area contributed by atoms with Crippen molar-refractivity contribution < 1.29 is 42.6 Å². The Labute approximate surface area is 852 Å². The van der Waals surface area contributed by atoms with Crippen LogP contribution in [0.5, 0.6) is 40.2 Å². The average Bonchev–Trinajstić information content (AvgIpc) is 1.59. The van der Waals surface area contributed by atoms with Crippen LogP contribution in [0.4, 0.5) is 45.5 Å². The summed E-state index contributed by atoms with van der Waals surface area (Å²) < 4.78 is 58.1. The molecule has 8 aromatic carbocycles. The summed E-state index contributed by atoms with van der Waals surface area (Å²) in [6.45, 7) is 22.6. The minimum absolute atomic E-state index is 0.0108. The van der Waals surface area contributed by atoms with Gasteiger partial charge in [0.05, 0.1) is 188 Å². The summed E-state index contributed by atoms with van der Waals surface area (Å²) in [6.07, 6.45) is 36.7. The van der Waals surface area contributed by atoms with Gasteiger partial charge in [0.1, 0.15) is 52.7 Å². The Morgan fingerprint density at radius 2 is 0.752 bits per heavy atom. The predicted octanol–water partition coefficient (Wildman–Crippen LogP) is 20.1. The molecular weight excluding hydrogens is 1850 g/mol. The fraction of sp³-hybridized carbons (Fsp3) is 0.369. The Balaban J connectivity index is 0.000000139. The number of anilines is 8. The molecule has 3 aliphatic heterocycles. The second-order valence-corrected chi connectivity index (χ2v) is 37.2. The average molecular weight is 1980 g/mol. The Morgan fingerprint density at radius 1 is 0.379 bits per heavy atom. The topological polar surface area (TPSA) is 310 Å². The molecule has 3 N–H and O–H groups in total. The van der Waals surface area contributed by atoms with Crippen LogP contribution < -0.4 is 68.7 Å². The zero-order valence-corrected chi connectivity index (χ0v) is 86.2. The zero-order valence-electron chi connectivity index (χ0n) is 85.4. The van der Waals surface area contributed by atoms with Gasteiger partial charge in [-0.05, 0) is 167 Å². The summed E-state index contributed by atoms with van der Waals surface area (Å²) >= 11 is 6.66. The number of benzene rings is 8. The van der Waals surface area contributed by atoms with Gasteiger partial charge in [-0.3, -0.25) is 29.3 Å². The minimum Gasteiger partial charge on any atom is -0.497 e. The fourth-order valence-corrected chi connectivity index (χ4v) is 18.1.